The molecule has 0 atom stereocenters. The van der Waals surface area contributed by atoms with Gasteiger partial charge in [0.25, 0.3) is 5.91 Å². The van der Waals surface area contributed by atoms with Crippen LogP contribution in [-0.4, -0.2) is 18.5 Å². The second kappa shape index (κ2) is 7.78. The first-order valence-electron chi connectivity index (χ1n) is 6.94. The lowest BCUT2D eigenvalue weighted by Crippen LogP contribution is -2.20. The van der Waals surface area contributed by atoms with E-state index in [9.17, 15) is 9.59 Å². The SMILES string of the molecule is C/C=C/C=C/C(=O)OCC(=O)Nc1ccc2ccccc2c1. The number of anilines is 1. The third-order valence-corrected chi connectivity index (χ3v) is 2.91. The number of ether oxygens (including phenoxy) is 1. The summed E-state index contributed by atoms with van der Waals surface area (Å²) in [4.78, 5) is 23.1. The lowest BCUT2D eigenvalue weighted by atomic mass is 10.1. The van der Waals surface area contributed by atoms with Crippen LogP contribution in [0.15, 0.2) is 66.8 Å². The summed E-state index contributed by atoms with van der Waals surface area (Å²) < 4.78 is 4.84. The summed E-state index contributed by atoms with van der Waals surface area (Å²) in [5.74, 6) is -0.921. The standard InChI is InChI=1S/C18H17NO3/c1-2-3-4-9-18(21)22-13-17(20)19-16-11-10-14-7-5-6-8-15(14)12-16/h2-12H,13H2,1H3,(H,19,20)/b3-2+,9-4+. The highest BCUT2D eigenvalue weighted by Gasteiger charge is 2.05. The van der Waals surface area contributed by atoms with Crippen LogP contribution in [0.3, 0.4) is 0 Å². The van der Waals surface area contributed by atoms with Crippen molar-refractivity contribution in [3.05, 3.63) is 66.8 Å². The van der Waals surface area contributed by atoms with E-state index in [4.69, 9.17) is 4.74 Å². The Morgan fingerprint density at radius 3 is 2.64 bits per heavy atom. The number of hydrogen-bond acceptors (Lipinski definition) is 3. The smallest absolute Gasteiger partial charge is 0.331 e. The van der Waals surface area contributed by atoms with Gasteiger partial charge in [0, 0.05) is 11.8 Å². The van der Waals surface area contributed by atoms with Crippen LogP contribution in [0, 0.1) is 0 Å². The van der Waals surface area contributed by atoms with Crippen molar-refractivity contribution < 1.29 is 14.3 Å². The highest BCUT2D eigenvalue weighted by atomic mass is 16.5. The van der Waals surface area contributed by atoms with Crippen molar-refractivity contribution in [2.45, 2.75) is 6.92 Å². The maximum Gasteiger partial charge on any atom is 0.331 e. The van der Waals surface area contributed by atoms with E-state index in [0.29, 0.717) is 5.69 Å². The van der Waals surface area contributed by atoms with Gasteiger partial charge in [0.1, 0.15) is 0 Å². The lowest BCUT2D eigenvalue weighted by Gasteiger charge is -2.06. The Morgan fingerprint density at radius 1 is 1.09 bits per heavy atom. The van der Waals surface area contributed by atoms with E-state index in [1.54, 1.807) is 18.2 Å². The fraction of sp³-hybridized carbons (Fsp3) is 0.111. The Labute approximate surface area is 129 Å². The molecule has 0 saturated heterocycles. The van der Waals surface area contributed by atoms with Crippen LogP contribution in [0.4, 0.5) is 5.69 Å². The molecule has 0 radical (unpaired) electrons. The summed E-state index contributed by atoms with van der Waals surface area (Å²) in [6.45, 7) is 1.53. The molecular formula is C18H17NO3. The number of carbonyl (C=O) groups excluding carboxylic acids is 2. The molecule has 0 aliphatic carbocycles. The average Bonchev–Trinajstić information content (AvgIpc) is 2.53. The van der Waals surface area contributed by atoms with Gasteiger partial charge in [-0.25, -0.2) is 4.79 Å². The molecule has 22 heavy (non-hydrogen) atoms. The van der Waals surface area contributed by atoms with Gasteiger partial charge in [-0.15, -0.1) is 0 Å². The molecule has 4 heteroatoms. The monoisotopic (exact) mass is 295 g/mol. The molecule has 0 aliphatic heterocycles. The van der Waals surface area contributed by atoms with Crippen molar-refractivity contribution in [2.75, 3.05) is 11.9 Å². The molecule has 0 aromatic heterocycles. The van der Waals surface area contributed by atoms with Crippen LogP contribution >= 0.6 is 0 Å². The van der Waals surface area contributed by atoms with Crippen LogP contribution in [0.25, 0.3) is 10.8 Å². The Balaban J connectivity index is 1.89. The predicted octanol–water partition coefficient (Wildman–Crippen LogP) is 3.45. The van der Waals surface area contributed by atoms with Crippen molar-refractivity contribution in [2.24, 2.45) is 0 Å². The number of allylic oxidation sites excluding steroid dienone is 3. The van der Waals surface area contributed by atoms with Crippen LogP contribution in [0.5, 0.6) is 0 Å². The van der Waals surface area contributed by atoms with Crippen LogP contribution in [0.1, 0.15) is 6.92 Å². The van der Waals surface area contributed by atoms with Gasteiger partial charge in [0.15, 0.2) is 6.61 Å². The van der Waals surface area contributed by atoms with Crippen LogP contribution in [-0.2, 0) is 14.3 Å². The summed E-state index contributed by atoms with van der Waals surface area (Å²) in [6.07, 6.45) is 6.32. The summed E-state index contributed by atoms with van der Waals surface area (Å²) in [6, 6.07) is 13.5. The van der Waals surface area contributed by atoms with Gasteiger partial charge in [-0.1, -0.05) is 48.6 Å². The zero-order chi connectivity index (χ0) is 15.8. The summed E-state index contributed by atoms with van der Waals surface area (Å²) in [5.41, 5.74) is 0.671. The predicted molar refractivity (Wildman–Crippen MR) is 87.5 cm³/mol. The molecular weight excluding hydrogens is 278 g/mol. The number of esters is 1. The minimum Gasteiger partial charge on any atom is -0.452 e. The van der Waals surface area contributed by atoms with Gasteiger partial charge < -0.3 is 10.1 Å². The molecule has 0 spiro atoms. The topological polar surface area (TPSA) is 55.4 Å². The number of fused-ring (bicyclic) bond motifs is 1. The molecule has 0 heterocycles. The Morgan fingerprint density at radius 2 is 1.86 bits per heavy atom. The first kappa shape index (κ1) is 15.5. The van der Waals surface area contributed by atoms with Gasteiger partial charge in [0.05, 0.1) is 0 Å². The van der Waals surface area contributed by atoms with Crippen molar-refractivity contribution >= 4 is 28.3 Å². The van der Waals surface area contributed by atoms with E-state index in [1.165, 1.54) is 6.08 Å². The largest absolute Gasteiger partial charge is 0.452 e. The maximum absolute atomic E-state index is 11.8. The zero-order valence-corrected chi connectivity index (χ0v) is 12.3. The Bertz CT molecular complexity index is 732. The fourth-order valence-electron chi connectivity index (χ4n) is 1.89. The number of rotatable bonds is 5. The Kier molecular flexibility index (Phi) is 5.49. The fourth-order valence-corrected chi connectivity index (χ4v) is 1.89. The summed E-state index contributed by atoms with van der Waals surface area (Å²) >= 11 is 0. The van der Waals surface area contributed by atoms with Crippen LogP contribution < -0.4 is 5.32 Å². The van der Waals surface area contributed by atoms with Crippen molar-refractivity contribution in [3.63, 3.8) is 0 Å². The first-order chi connectivity index (χ1) is 10.7. The number of hydrogen-bond donors (Lipinski definition) is 1. The molecule has 0 bridgehead atoms. The van der Waals surface area contributed by atoms with Crippen molar-refractivity contribution in [1.82, 2.24) is 0 Å². The third-order valence-electron chi connectivity index (χ3n) is 2.91. The number of nitrogens with one attached hydrogen (secondary N) is 1. The number of amides is 1. The highest BCUT2D eigenvalue weighted by molar-refractivity contribution is 5.96. The third kappa shape index (κ3) is 4.59. The quantitative estimate of drug-likeness (QED) is 0.522. The zero-order valence-electron chi connectivity index (χ0n) is 12.3. The number of benzene rings is 2. The van der Waals surface area contributed by atoms with Gasteiger partial charge in [-0.2, -0.15) is 0 Å². The second-order valence-corrected chi connectivity index (χ2v) is 4.60. The molecule has 1 N–H and O–H groups in total. The highest BCUT2D eigenvalue weighted by Crippen LogP contribution is 2.18. The molecule has 1 amide bonds. The summed E-state index contributed by atoms with van der Waals surface area (Å²) in [7, 11) is 0. The Hall–Kier alpha value is -2.88. The van der Waals surface area contributed by atoms with E-state index in [2.05, 4.69) is 5.32 Å². The van der Waals surface area contributed by atoms with Crippen molar-refractivity contribution in [3.8, 4) is 0 Å². The van der Waals surface area contributed by atoms with Gasteiger partial charge in [-0.05, 0) is 29.8 Å². The maximum atomic E-state index is 11.8. The molecule has 2 aromatic carbocycles. The minimum atomic E-state index is -0.549. The van der Waals surface area contributed by atoms with Gasteiger partial charge in [0.2, 0.25) is 0 Å². The minimum absolute atomic E-state index is 0.314. The van der Waals surface area contributed by atoms with Gasteiger partial charge >= 0.3 is 5.97 Å². The molecule has 0 unspecified atom stereocenters. The average molecular weight is 295 g/mol. The van der Waals surface area contributed by atoms with E-state index < -0.39 is 5.97 Å². The van der Waals surface area contributed by atoms with Crippen molar-refractivity contribution in [1.29, 1.82) is 0 Å². The number of carbonyl (C=O) groups is 2. The molecule has 0 saturated carbocycles. The van der Waals surface area contributed by atoms with E-state index >= 15 is 0 Å². The molecule has 2 aromatic rings. The lowest BCUT2D eigenvalue weighted by molar-refractivity contribution is -0.142. The van der Waals surface area contributed by atoms with E-state index in [0.717, 1.165) is 10.8 Å². The molecule has 2 rings (SSSR count). The normalized spacial score (nSPS) is 11.1. The molecule has 0 aliphatic rings. The molecule has 0 fully saturated rings. The first-order valence-corrected chi connectivity index (χ1v) is 6.94. The summed E-state index contributed by atoms with van der Waals surface area (Å²) in [5, 5.41) is 4.83. The second-order valence-electron chi connectivity index (χ2n) is 4.60. The van der Waals surface area contributed by atoms with Crippen LogP contribution in [0.2, 0.25) is 0 Å². The van der Waals surface area contributed by atoms with Gasteiger partial charge in [-0.3, -0.25) is 4.79 Å². The van der Waals surface area contributed by atoms with E-state index in [1.807, 2.05) is 49.4 Å². The van der Waals surface area contributed by atoms with E-state index in [-0.39, 0.29) is 12.5 Å². The molecule has 4 nitrogen and oxygen atoms in total. The molecule has 112 valence electrons.